The van der Waals surface area contributed by atoms with Crippen LogP contribution in [0.25, 0.3) is 11.0 Å². The standard InChI is InChI=1S/C25H25BrFN5O/c1-16(18-4-6-19(27)7-5-18)30-10-12-31(13-11-30)24-20(14-28)25(33)32(15-17-2-3-17)21-8-9-22(26)29-23(21)24/h4-9,16-17H,2-3,10-13,15H2,1H3/t16-/m1/s1. The van der Waals surface area contributed by atoms with Gasteiger partial charge in [0.15, 0.2) is 0 Å². The van der Waals surface area contributed by atoms with Crippen LogP contribution in [0, 0.1) is 23.1 Å². The van der Waals surface area contributed by atoms with Gasteiger partial charge in [0.1, 0.15) is 27.6 Å². The van der Waals surface area contributed by atoms with Crippen LogP contribution in [0.15, 0.2) is 45.8 Å². The summed E-state index contributed by atoms with van der Waals surface area (Å²) in [6.07, 6.45) is 2.24. The fraction of sp³-hybridized carbons (Fsp3) is 0.400. The van der Waals surface area contributed by atoms with Crippen LogP contribution in [0.5, 0.6) is 0 Å². The van der Waals surface area contributed by atoms with Crippen LogP contribution in [0.2, 0.25) is 0 Å². The Bertz CT molecular complexity index is 1290. The molecule has 0 N–H and O–H groups in total. The number of hydrogen-bond acceptors (Lipinski definition) is 5. The monoisotopic (exact) mass is 509 g/mol. The summed E-state index contributed by atoms with van der Waals surface area (Å²) in [6, 6.07) is 12.8. The van der Waals surface area contributed by atoms with Gasteiger partial charge in [0.25, 0.3) is 5.56 Å². The van der Waals surface area contributed by atoms with E-state index in [4.69, 9.17) is 4.98 Å². The Labute approximate surface area is 200 Å². The molecule has 1 aliphatic heterocycles. The SMILES string of the molecule is C[C@H](c1ccc(F)cc1)N1CCN(c2c(C#N)c(=O)n(CC3CC3)c3ccc(Br)nc23)CC1. The first-order chi connectivity index (χ1) is 16.0. The molecular weight excluding hydrogens is 485 g/mol. The summed E-state index contributed by atoms with van der Waals surface area (Å²) in [7, 11) is 0. The Kier molecular flexibility index (Phi) is 5.94. The molecule has 3 heterocycles. The van der Waals surface area contributed by atoms with E-state index in [-0.39, 0.29) is 23.0 Å². The lowest BCUT2D eigenvalue weighted by atomic mass is 10.1. The van der Waals surface area contributed by atoms with E-state index in [0.717, 1.165) is 37.0 Å². The van der Waals surface area contributed by atoms with Crippen LogP contribution < -0.4 is 10.5 Å². The molecule has 2 aliphatic rings. The van der Waals surface area contributed by atoms with Gasteiger partial charge >= 0.3 is 0 Å². The molecule has 6 nitrogen and oxygen atoms in total. The molecule has 1 aromatic carbocycles. The molecule has 8 heteroatoms. The van der Waals surface area contributed by atoms with E-state index in [1.165, 1.54) is 12.1 Å². The van der Waals surface area contributed by atoms with Crippen LogP contribution in [-0.4, -0.2) is 40.6 Å². The number of anilines is 1. The van der Waals surface area contributed by atoms with E-state index in [0.29, 0.717) is 41.4 Å². The van der Waals surface area contributed by atoms with E-state index in [1.54, 1.807) is 4.57 Å². The molecule has 1 saturated carbocycles. The van der Waals surface area contributed by atoms with Gasteiger partial charge in [-0.05, 0) is 71.4 Å². The van der Waals surface area contributed by atoms with E-state index < -0.39 is 0 Å². The van der Waals surface area contributed by atoms with Crippen molar-refractivity contribution in [1.82, 2.24) is 14.5 Å². The minimum absolute atomic E-state index is 0.152. The number of rotatable bonds is 5. The molecule has 0 radical (unpaired) electrons. The first kappa shape index (κ1) is 22.1. The van der Waals surface area contributed by atoms with Crippen molar-refractivity contribution in [1.29, 1.82) is 5.26 Å². The van der Waals surface area contributed by atoms with Crippen LogP contribution >= 0.6 is 15.9 Å². The fourth-order valence-electron chi connectivity index (χ4n) is 4.72. The van der Waals surface area contributed by atoms with Crippen molar-refractivity contribution in [2.45, 2.75) is 32.4 Å². The molecule has 0 spiro atoms. The summed E-state index contributed by atoms with van der Waals surface area (Å²) in [6.45, 7) is 5.65. The molecule has 33 heavy (non-hydrogen) atoms. The maximum absolute atomic E-state index is 13.3. The topological polar surface area (TPSA) is 65.2 Å². The third-order valence-corrected chi connectivity index (χ3v) is 7.27. The van der Waals surface area contributed by atoms with Crippen molar-refractivity contribution in [3.05, 3.63) is 68.3 Å². The van der Waals surface area contributed by atoms with Gasteiger partial charge in [-0.3, -0.25) is 9.69 Å². The first-order valence-electron chi connectivity index (χ1n) is 11.3. The van der Waals surface area contributed by atoms with E-state index in [1.807, 2.05) is 24.3 Å². The molecular formula is C25H25BrFN5O. The maximum Gasteiger partial charge on any atom is 0.271 e. The van der Waals surface area contributed by atoms with E-state index in [9.17, 15) is 14.4 Å². The van der Waals surface area contributed by atoms with E-state index >= 15 is 0 Å². The lowest BCUT2D eigenvalue weighted by molar-refractivity contribution is 0.198. The van der Waals surface area contributed by atoms with Gasteiger partial charge < -0.3 is 9.47 Å². The highest BCUT2D eigenvalue weighted by atomic mass is 79.9. The Balaban J connectivity index is 1.48. The Morgan fingerprint density at radius 1 is 1.15 bits per heavy atom. The second-order valence-electron chi connectivity index (χ2n) is 8.95. The largest absolute Gasteiger partial charge is 0.366 e. The number of aromatic nitrogens is 2. The summed E-state index contributed by atoms with van der Waals surface area (Å²) >= 11 is 3.47. The fourth-order valence-corrected chi connectivity index (χ4v) is 5.03. The molecule has 1 saturated heterocycles. The van der Waals surface area contributed by atoms with Gasteiger partial charge in [-0.15, -0.1) is 0 Å². The molecule has 170 valence electrons. The average molecular weight is 510 g/mol. The molecule has 1 atom stereocenters. The summed E-state index contributed by atoms with van der Waals surface area (Å²) in [4.78, 5) is 22.5. The Hall–Kier alpha value is -2.76. The Morgan fingerprint density at radius 2 is 1.85 bits per heavy atom. The van der Waals surface area contributed by atoms with Crippen molar-refractivity contribution in [2.24, 2.45) is 5.92 Å². The van der Waals surface area contributed by atoms with Gasteiger partial charge in [0.05, 0.1) is 11.2 Å². The molecule has 0 bridgehead atoms. The quantitative estimate of drug-likeness (QED) is 0.475. The van der Waals surface area contributed by atoms with Crippen molar-refractivity contribution < 1.29 is 4.39 Å². The highest BCUT2D eigenvalue weighted by Gasteiger charge is 2.29. The molecule has 2 aromatic heterocycles. The zero-order valence-electron chi connectivity index (χ0n) is 18.5. The zero-order chi connectivity index (χ0) is 23.1. The second-order valence-corrected chi connectivity index (χ2v) is 9.76. The summed E-state index contributed by atoms with van der Waals surface area (Å²) < 4.78 is 15.7. The van der Waals surface area contributed by atoms with E-state index in [2.05, 4.69) is 38.7 Å². The van der Waals surface area contributed by atoms with Crippen LogP contribution in [-0.2, 0) is 6.54 Å². The van der Waals surface area contributed by atoms with Crippen molar-refractivity contribution in [3.63, 3.8) is 0 Å². The predicted molar refractivity (Wildman–Crippen MR) is 130 cm³/mol. The van der Waals surface area contributed by atoms with Crippen LogP contribution in [0.1, 0.15) is 36.9 Å². The minimum atomic E-state index is -0.234. The summed E-state index contributed by atoms with van der Waals surface area (Å²) in [5, 5.41) is 9.97. The predicted octanol–water partition coefficient (Wildman–Crippen LogP) is 4.46. The van der Waals surface area contributed by atoms with Crippen molar-refractivity contribution >= 4 is 32.7 Å². The molecule has 0 unspecified atom stereocenters. The smallest absolute Gasteiger partial charge is 0.271 e. The highest BCUT2D eigenvalue weighted by molar-refractivity contribution is 9.10. The van der Waals surface area contributed by atoms with Gasteiger partial charge in [-0.1, -0.05) is 12.1 Å². The molecule has 0 amide bonds. The molecule has 3 aromatic rings. The number of benzene rings is 1. The normalized spacial score (nSPS) is 17.8. The summed E-state index contributed by atoms with van der Waals surface area (Å²) in [5.74, 6) is 0.269. The third kappa shape index (κ3) is 4.28. The second kappa shape index (κ2) is 8.88. The maximum atomic E-state index is 13.3. The number of halogens is 2. The molecule has 5 rings (SSSR count). The average Bonchev–Trinajstić information content (AvgIpc) is 3.65. The number of pyridine rings is 2. The lowest BCUT2D eigenvalue weighted by Crippen LogP contribution is -2.48. The van der Waals surface area contributed by atoms with Gasteiger partial charge in [0, 0.05) is 38.8 Å². The zero-order valence-corrected chi connectivity index (χ0v) is 20.1. The first-order valence-corrected chi connectivity index (χ1v) is 12.1. The number of nitriles is 1. The van der Waals surface area contributed by atoms with Gasteiger partial charge in [-0.25, -0.2) is 9.37 Å². The van der Waals surface area contributed by atoms with Crippen LogP contribution in [0.4, 0.5) is 10.1 Å². The highest BCUT2D eigenvalue weighted by Crippen LogP contribution is 2.34. The minimum Gasteiger partial charge on any atom is -0.366 e. The number of nitrogens with zero attached hydrogens (tertiary/aromatic N) is 5. The Morgan fingerprint density at radius 3 is 2.48 bits per heavy atom. The van der Waals surface area contributed by atoms with Crippen molar-refractivity contribution in [3.8, 4) is 6.07 Å². The van der Waals surface area contributed by atoms with Gasteiger partial charge in [-0.2, -0.15) is 5.26 Å². The number of piperazine rings is 1. The van der Waals surface area contributed by atoms with Crippen molar-refractivity contribution in [2.75, 3.05) is 31.1 Å². The van der Waals surface area contributed by atoms with Crippen LogP contribution in [0.3, 0.4) is 0 Å². The lowest BCUT2D eigenvalue weighted by Gasteiger charge is -2.39. The third-order valence-electron chi connectivity index (χ3n) is 6.83. The summed E-state index contributed by atoms with van der Waals surface area (Å²) in [5.41, 5.74) is 3.14. The van der Waals surface area contributed by atoms with Gasteiger partial charge in [0.2, 0.25) is 0 Å². The molecule has 2 fully saturated rings. The number of fused-ring (bicyclic) bond motifs is 1. The molecule has 1 aliphatic carbocycles. The number of hydrogen-bond donors (Lipinski definition) is 0.